The smallest absolute Gasteiger partial charge is 0.330 e. The molecule has 104 valence electrons. The Morgan fingerprint density at radius 1 is 0.938 bits per heavy atom. The van der Waals surface area contributed by atoms with Crippen molar-refractivity contribution < 1.29 is 35.0 Å². The molecule has 0 aromatic carbocycles. The van der Waals surface area contributed by atoms with Crippen molar-refractivity contribution in [2.45, 2.75) is 19.8 Å². The topological polar surface area (TPSA) is 175 Å². The van der Waals surface area contributed by atoms with Gasteiger partial charge in [-0.2, -0.15) is 26.7 Å². The Morgan fingerprint density at radius 2 is 1.12 bits per heavy atom. The third kappa shape index (κ3) is 537. The molecule has 0 aromatic heterocycles. The Balaban J connectivity index is -0.0000000655. The zero-order chi connectivity index (χ0) is 13.1. The summed E-state index contributed by atoms with van der Waals surface area (Å²) in [7, 11) is -9.33. The molecule has 16 heavy (non-hydrogen) atoms. The Kier molecular flexibility index (Phi) is 20.7. The molecule has 0 aromatic rings. The van der Waals surface area contributed by atoms with Gasteiger partial charge >= 0.3 is 20.8 Å². The van der Waals surface area contributed by atoms with Crippen LogP contribution in [0.1, 0.15) is 19.8 Å². The molecular formula is C4H18NO8PS2. The summed E-state index contributed by atoms with van der Waals surface area (Å²) in [5.74, 6) is 0. The van der Waals surface area contributed by atoms with Crippen molar-refractivity contribution >= 4 is 30.7 Å². The third-order valence-corrected chi connectivity index (χ3v) is 0.558. The molecule has 0 saturated carbocycles. The van der Waals surface area contributed by atoms with Crippen LogP contribution in [0, 0.1) is 0 Å². The lowest BCUT2D eigenvalue weighted by Gasteiger charge is -1.80. The summed E-state index contributed by atoms with van der Waals surface area (Å²) < 4.78 is 63.2. The first kappa shape index (κ1) is 25.1. The molecular weight excluding hydrogens is 285 g/mol. The molecule has 12 heteroatoms. The van der Waals surface area contributed by atoms with Crippen LogP contribution < -0.4 is 5.73 Å². The molecule has 0 fully saturated rings. The SMILES string of the molecule is CCCCN.O=S(=O)(O)O.O=S(=O)(O)O.P. The molecule has 0 saturated heterocycles. The summed E-state index contributed by atoms with van der Waals surface area (Å²) in [5.41, 5.74) is 5.14. The molecule has 0 aliphatic heterocycles. The van der Waals surface area contributed by atoms with Crippen LogP contribution in [0.3, 0.4) is 0 Å². The first-order valence-corrected chi connectivity index (χ1v) is 6.31. The van der Waals surface area contributed by atoms with Crippen LogP contribution >= 0.6 is 9.90 Å². The minimum Gasteiger partial charge on any atom is -0.330 e. The van der Waals surface area contributed by atoms with Crippen LogP contribution in [0.15, 0.2) is 0 Å². The van der Waals surface area contributed by atoms with E-state index in [4.69, 9.17) is 40.8 Å². The largest absolute Gasteiger partial charge is 0.394 e. The zero-order valence-electron chi connectivity index (χ0n) is 8.64. The van der Waals surface area contributed by atoms with Gasteiger partial charge in [0, 0.05) is 0 Å². The van der Waals surface area contributed by atoms with E-state index in [1.165, 1.54) is 12.8 Å². The Labute approximate surface area is 98.2 Å². The average Bonchev–Trinajstić information content (AvgIpc) is 1.80. The molecule has 0 bridgehead atoms. The van der Waals surface area contributed by atoms with E-state index in [0.29, 0.717) is 0 Å². The molecule has 1 atom stereocenters. The summed E-state index contributed by atoms with van der Waals surface area (Å²) in [5, 5.41) is 0. The minimum absolute atomic E-state index is 0. The van der Waals surface area contributed by atoms with Crippen LogP contribution in [0.5, 0.6) is 0 Å². The molecule has 0 rings (SSSR count). The molecule has 9 nitrogen and oxygen atoms in total. The zero-order valence-corrected chi connectivity index (χ0v) is 11.7. The van der Waals surface area contributed by atoms with Crippen molar-refractivity contribution in [3.63, 3.8) is 0 Å². The predicted octanol–water partition coefficient (Wildman–Crippen LogP) is -0.502. The van der Waals surface area contributed by atoms with Crippen LogP contribution in [-0.2, 0) is 20.8 Å². The fourth-order valence-electron chi connectivity index (χ4n) is 0.204. The van der Waals surface area contributed by atoms with Crippen molar-refractivity contribution in [1.29, 1.82) is 0 Å². The lowest BCUT2D eigenvalue weighted by Crippen LogP contribution is -1.95. The van der Waals surface area contributed by atoms with Crippen molar-refractivity contribution in [3.8, 4) is 0 Å². The van der Waals surface area contributed by atoms with Gasteiger partial charge in [-0.15, -0.1) is 0 Å². The molecule has 0 radical (unpaired) electrons. The number of unbranched alkanes of at least 4 members (excludes halogenated alkanes) is 1. The van der Waals surface area contributed by atoms with Gasteiger partial charge in [-0.1, -0.05) is 13.3 Å². The van der Waals surface area contributed by atoms with Gasteiger partial charge in [0.05, 0.1) is 0 Å². The highest BCUT2D eigenvalue weighted by Gasteiger charge is 1.85. The normalized spacial score (nSPS) is 9.88. The highest BCUT2D eigenvalue weighted by atomic mass is 32.3. The first-order chi connectivity index (χ1) is 6.41. The number of hydrogen-bond donors (Lipinski definition) is 5. The highest BCUT2D eigenvalue weighted by Crippen LogP contribution is 1.77. The number of hydrogen-bond acceptors (Lipinski definition) is 5. The monoisotopic (exact) mass is 303 g/mol. The quantitative estimate of drug-likeness (QED) is 0.332. The average molecular weight is 303 g/mol. The van der Waals surface area contributed by atoms with Crippen LogP contribution in [-0.4, -0.2) is 41.6 Å². The second-order valence-electron chi connectivity index (χ2n) is 2.04. The second kappa shape index (κ2) is 13.2. The molecule has 0 amide bonds. The van der Waals surface area contributed by atoms with E-state index in [-0.39, 0.29) is 9.90 Å². The van der Waals surface area contributed by atoms with Crippen LogP contribution in [0.4, 0.5) is 0 Å². The Hall–Kier alpha value is 0.130. The van der Waals surface area contributed by atoms with E-state index in [9.17, 15) is 0 Å². The van der Waals surface area contributed by atoms with Gasteiger partial charge < -0.3 is 5.73 Å². The van der Waals surface area contributed by atoms with Gasteiger partial charge in [-0.3, -0.25) is 18.2 Å². The molecule has 0 spiro atoms. The predicted molar refractivity (Wildman–Crippen MR) is 63.4 cm³/mol. The number of rotatable bonds is 2. The van der Waals surface area contributed by atoms with Crippen molar-refractivity contribution in [1.82, 2.24) is 0 Å². The van der Waals surface area contributed by atoms with Gasteiger partial charge in [0.1, 0.15) is 0 Å². The Morgan fingerprint density at radius 3 is 1.12 bits per heavy atom. The van der Waals surface area contributed by atoms with E-state index < -0.39 is 20.8 Å². The maximum absolute atomic E-state index is 8.74. The van der Waals surface area contributed by atoms with Crippen LogP contribution in [0.2, 0.25) is 0 Å². The summed E-state index contributed by atoms with van der Waals surface area (Å²) >= 11 is 0. The molecule has 0 heterocycles. The third-order valence-electron chi connectivity index (χ3n) is 0.558. The fraction of sp³-hybridized carbons (Fsp3) is 1.00. The Bertz CT molecular complexity index is 263. The summed E-state index contributed by atoms with van der Waals surface area (Å²) in [6.45, 7) is 2.98. The van der Waals surface area contributed by atoms with Crippen molar-refractivity contribution in [2.24, 2.45) is 5.73 Å². The van der Waals surface area contributed by atoms with Gasteiger partial charge in [-0.05, 0) is 13.0 Å². The minimum atomic E-state index is -4.67. The lowest BCUT2D eigenvalue weighted by atomic mass is 10.3. The van der Waals surface area contributed by atoms with Gasteiger partial charge in [0.15, 0.2) is 0 Å². The van der Waals surface area contributed by atoms with Crippen molar-refractivity contribution in [2.75, 3.05) is 6.54 Å². The van der Waals surface area contributed by atoms with Crippen LogP contribution in [0.25, 0.3) is 0 Å². The maximum atomic E-state index is 8.74. The molecule has 6 N–H and O–H groups in total. The van der Waals surface area contributed by atoms with E-state index in [0.717, 1.165) is 6.54 Å². The van der Waals surface area contributed by atoms with Gasteiger partial charge in [-0.25, -0.2) is 0 Å². The van der Waals surface area contributed by atoms with E-state index >= 15 is 0 Å². The van der Waals surface area contributed by atoms with E-state index in [2.05, 4.69) is 6.92 Å². The van der Waals surface area contributed by atoms with Gasteiger partial charge in [0.25, 0.3) is 0 Å². The second-order valence-corrected chi connectivity index (χ2v) is 3.83. The van der Waals surface area contributed by atoms with Crippen molar-refractivity contribution in [3.05, 3.63) is 0 Å². The molecule has 0 aliphatic rings. The lowest BCUT2D eigenvalue weighted by molar-refractivity contribution is 0.378. The fourth-order valence-corrected chi connectivity index (χ4v) is 0.204. The van der Waals surface area contributed by atoms with E-state index in [1.807, 2.05) is 0 Å². The standard InChI is InChI=1S/C4H11N.2H2O4S.H3P/c1-2-3-4-5;2*1-5(2,3)4;/h2-5H2,1H3;2*(H2,1,2,3,4);1H3. The summed E-state index contributed by atoms with van der Waals surface area (Å²) in [4.78, 5) is 0. The van der Waals surface area contributed by atoms with Gasteiger partial charge in [0.2, 0.25) is 0 Å². The summed E-state index contributed by atoms with van der Waals surface area (Å²) in [6.07, 6.45) is 2.39. The van der Waals surface area contributed by atoms with E-state index in [1.54, 1.807) is 0 Å². The number of nitrogens with two attached hydrogens (primary N) is 1. The summed E-state index contributed by atoms with van der Waals surface area (Å²) in [6, 6.07) is 0. The molecule has 1 unspecified atom stereocenters. The maximum Gasteiger partial charge on any atom is 0.394 e. The highest BCUT2D eigenvalue weighted by molar-refractivity contribution is 7.80. The molecule has 0 aliphatic carbocycles. The first-order valence-electron chi connectivity index (χ1n) is 3.51.